The zero-order valence-electron chi connectivity index (χ0n) is 22.2. The van der Waals surface area contributed by atoms with Crippen LogP contribution in [0.1, 0.15) is 24.9 Å². The summed E-state index contributed by atoms with van der Waals surface area (Å²) < 4.78 is 115. The van der Waals surface area contributed by atoms with E-state index in [4.69, 9.17) is 31.1 Å². The first-order valence-corrected chi connectivity index (χ1v) is 6.85. The van der Waals surface area contributed by atoms with Crippen LogP contribution >= 0.6 is 7.82 Å². The number of imidazole rings is 1. The fraction of sp³-hybridized carbons (Fsp3) is 0.500. The van der Waals surface area contributed by atoms with Crippen LogP contribution in [0.25, 0.3) is 11.2 Å². The minimum absolute atomic E-state index is 0.112. The van der Waals surface area contributed by atoms with Gasteiger partial charge in [0.2, 0.25) is 1.43 Å². The van der Waals surface area contributed by atoms with Crippen molar-refractivity contribution < 1.29 is 43.9 Å². The Morgan fingerprint density at radius 3 is 3.36 bits per heavy atom. The zero-order valence-corrected chi connectivity index (χ0v) is 11.1. The van der Waals surface area contributed by atoms with Crippen molar-refractivity contribution in [1.82, 2.24) is 19.5 Å². The fourth-order valence-electron chi connectivity index (χ4n) is 1.46. The molecule has 0 unspecified atom stereocenters. The lowest BCUT2D eigenvalue weighted by molar-refractivity contribution is -0.0424. The fourth-order valence-corrected chi connectivity index (χ4v) is 1.66. The van der Waals surface area contributed by atoms with E-state index in [0.717, 1.165) is 0 Å². The Morgan fingerprint density at radius 1 is 1.77 bits per heavy atom. The van der Waals surface area contributed by atoms with Crippen molar-refractivity contribution >= 4 is 24.8 Å². The summed E-state index contributed by atoms with van der Waals surface area (Å²) >= 11 is 0. The van der Waals surface area contributed by atoms with E-state index in [9.17, 15) is 4.57 Å². The Morgan fingerprint density at radius 2 is 2.64 bits per heavy atom. The van der Waals surface area contributed by atoms with Gasteiger partial charge in [0.05, 0.1) is 25.8 Å². The molecule has 0 saturated carbocycles. The molecule has 11 nitrogen and oxygen atoms in total. The molecule has 2 aromatic rings. The number of nitrogens with two attached hydrogens (primary N) is 1. The molecule has 1 aliphatic heterocycles. The first-order valence-electron chi connectivity index (χ1n) is 11.1. The van der Waals surface area contributed by atoms with Crippen molar-refractivity contribution in [2.75, 3.05) is 12.3 Å². The summed E-state index contributed by atoms with van der Waals surface area (Å²) in [7, 11) is -5.77. The van der Waals surface area contributed by atoms with Crippen LogP contribution in [0.4, 0.5) is 5.82 Å². The molecule has 0 aromatic carbocycles. The number of aliphatic hydroxyl groups is 1. The second-order valence-corrected chi connectivity index (χ2v) is 4.90. The monoisotopic (exact) mass is 348 g/mol. The molecular weight excluding hydrogens is 322 g/mol. The van der Waals surface area contributed by atoms with Crippen LogP contribution in [0, 0.1) is 0 Å². The lowest BCUT2D eigenvalue weighted by Crippen LogP contribution is -2.25. The summed E-state index contributed by atoms with van der Waals surface area (Å²) in [5, 5.41) is 3.96. The van der Waals surface area contributed by atoms with Gasteiger partial charge in [0.1, 0.15) is 26.8 Å². The maximum atomic E-state index is 11.2. The predicted molar refractivity (Wildman–Crippen MR) is 72.3 cm³/mol. The maximum Gasteiger partial charge on any atom is 0.469 e. The van der Waals surface area contributed by atoms with Crippen LogP contribution in [-0.2, 0) is 13.8 Å². The van der Waals surface area contributed by atoms with Gasteiger partial charge in [-0.3, -0.25) is 9.09 Å². The van der Waals surface area contributed by atoms with E-state index in [1.54, 1.807) is 0 Å². The van der Waals surface area contributed by atoms with Gasteiger partial charge in [-0.15, -0.1) is 0 Å². The maximum absolute atomic E-state index is 11.2. The standard InChI is InChI=1S/C10H14N5O6P/c11-9-8-10(13-3-12-9)15(4-14-8)7-1-5(16)6(21-7)2-20-22(17,18)19/h3-7,16H,1-2H2,(H2,11,12,13)(H2,17,18,19)/t5-,6+,7+/m0/s1/i1D2,2D2,3D,4D,5D,6D,7D,11+1,12+1,13+1,14+1,15+1,16D/hD2. The van der Waals surface area contributed by atoms with Crippen LogP contribution in [0.15, 0.2) is 12.6 Å². The van der Waals surface area contributed by atoms with Crippen molar-refractivity contribution in [3.05, 3.63) is 12.6 Å². The SMILES string of the molecule is [2H]O[C@@]1([2H])C([2H])([2H])[C@]([2H])([15n]2c([2H])[15n]c3c([15N]([2H])[2H])[15n]c([2H])[15n]c32)O[C@]1([2H])C([2H])([2H])OP(=O)(O)O. The normalized spacial score (nSPS) is 46.5. The van der Waals surface area contributed by atoms with Gasteiger partial charge in [-0.05, 0) is 0 Å². The Bertz CT molecular complexity index is 1200. The van der Waals surface area contributed by atoms with E-state index in [1.165, 1.54) is 0 Å². The lowest BCUT2D eigenvalue weighted by Gasteiger charge is -2.16. The van der Waals surface area contributed by atoms with E-state index < -0.39 is 68.7 Å². The highest BCUT2D eigenvalue weighted by molar-refractivity contribution is 7.46. The van der Waals surface area contributed by atoms with Gasteiger partial charge in [-0.2, -0.15) is 0 Å². The number of phosphoric acid groups is 1. The van der Waals surface area contributed by atoms with Crippen LogP contribution in [-0.4, -0.2) is 54.6 Å². The summed E-state index contributed by atoms with van der Waals surface area (Å²) in [6, 6.07) is 0. The molecule has 0 amide bonds. The highest BCUT2D eigenvalue weighted by Crippen LogP contribution is 2.38. The molecule has 22 heavy (non-hydrogen) atoms. The topological polar surface area (TPSA) is 166 Å². The highest BCUT2D eigenvalue weighted by Gasteiger charge is 2.37. The van der Waals surface area contributed by atoms with Crippen molar-refractivity contribution in [1.29, 1.82) is 1.43 Å². The van der Waals surface area contributed by atoms with Crippen molar-refractivity contribution in [3.8, 4) is 0 Å². The minimum atomic E-state index is -5.77. The summed E-state index contributed by atoms with van der Waals surface area (Å²) in [4.78, 5) is 28.6. The third-order valence-electron chi connectivity index (χ3n) is 2.29. The van der Waals surface area contributed by atoms with Crippen LogP contribution < -0.4 is 5.72 Å². The van der Waals surface area contributed by atoms with Crippen LogP contribution in [0.3, 0.4) is 0 Å². The molecule has 2 aromatic heterocycles. The summed E-state index contributed by atoms with van der Waals surface area (Å²) in [6.45, 7) is -4.11. The largest absolute Gasteiger partial charge is 0.469 e. The number of nitrogens with zero attached hydrogens (tertiary/aromatic N) is 4. The number of phosphoric ester groups is 1. The average Bonchev–Trinajstić information content (AvgIpc) is 3.04. The number of aromatic nitrogens is 4. The molecule has 0 bridgehead atoms. The number of ether oxygens (including phenoxy) is 1. The molecular formula is C10H14N5O6P. The number of nitrogen functional groups attached to an aromatic ring is 1. The Labute approximate surface area is 141 Å². The molecule has 3 heterocycles. The Kier molecular flexibility index (Phi) is 1.63. The second-order valence-electron chi connectivity index (χ2n) is 3.74. The average molecular weight is 348 g/mol. The smallest absolute Gasteiger partial charge is 0.390 e. The summed E-state index contributed by atoms with van der Waals surface area (Å²) in [5.41, 5.74) is -1.53. The number of hydrogen-bond acceptors (Lipinski definition) is 8. The number of anilines is 1. The van der Waals surface area contributed by atoms with Gasteiger partial charge in [-0.1, -0.05) is 0 Å². The molecule has 1 fully saturated rings. The van der Waals surface area contributed by atoms with E-state index in [2.05, 4.69) is 24.6 Å². The van der Waals surface area contributed by atoms with Crippen LogP contribution in [0.5, 0.6) is 0 Å². The molecule has 5 N–H and O–H groups in total. The summed E-state index contributed by atoms with van der Waals surface area (Å²) in [6.07, 6.45) is -17.4. The van der Waals surface area contributed by atoms with E-state index in [-0.39, 0.29) is 10.3 Å². The van der Waals surface area contributed by atoms with Gasteiger partial charge >= 0.3 is 7.82 Å². The zero-order chi connectivity index (χ0) is 26.3. The van der Waals surface area contributed by atoms with Gasteiger partial charge in [-0.25, -0.2) is 19.5 Å². The molecule has 0 spiro atoms. The molecule has 0 aliphatic carbocycles. The van der Waals surface area contributed by atoms with Gasteiger partial charge in [0.15, 0.2) is 14.3 Å². The number of hydrogen-bond donors (Lipinski definition) is 4. The van der Waals surface area contributed by atoms with Crippen molar-refractivity contribution in [2.45, 2.75) is 24.7 Å². The number of rotatable bonds is 6. The first-order chi connectivity index (χ1) is 15.2. The Hall–Kier alpha value is -1.62. The van der Waals surface area contributed by atoms with Crippen molar-refractivity contribution in [3.63, 3.8) is 0 Å². The molecule has 0 radical (unpaired) electrons. The lowest BCUT2D eigenvalue weighted by atomic mass is 10.2. The first kappa shape index (κ1) is 6.48. The van der Waals surface area contributed by atoms with Gasteiger partial charge in [0, 0.05) is 9.11 Å². The minimum Gasteiger partial charge on any atom is -0.390 e. The Balaban J connectivity index is 2.37. The van der Waals surface area contributed by atoms with E-state index >= 15 is 0 Å². The quantitative estimate of drug-likeness (QED) is 0.382. The summed E-state index contributed by atoms with van der Waals surface area (Å²) in [5.74, 6) is -0.699. The second kappa shape index (κ2) is 5.54. The molecule has 120 valence electrons. The third kappa shape index (κ3) is 2.95. The molecule has 1 aliphatic rings. The number of fused-ring (bicyclic) bond motifs is 1. The molecule has 3 atom stereocenters. The predicted octanol–water partition coefficient (Wildman–Crippen LogP) is -0.834. The van der Waals surface area contributed by atoms with E-state index in [1.807, 2.05) is 0 Å². The molecule has 12 heteroatoms. The van der Waals surface area contributed by atoms with Gasteiger partial charge in [0.25, 0.3) is 0 Å². The van der Waals surface area contributed by atoms with Gasteiger partial charge < -0.3 is 25.4 Å². The van der Waals surface area contributed by atoms with Crippen LogP contribution in [0.2, 0.25) is 2.82 Å². The highest BCUT2D eigenvalue weighted by atomic mass is 31.2. The molecule has 3 rings (SSSR count). The third-order valence-corrected chi connectivity index (χ3v) is 2.62. The molecule has 1 saturated heterocycles. The van der Waals surface area contributed by atoms with Crippen molar-refractivity contribution in [2.24, 2.45) is 0 Å². The van der Waals surface area contributed by atoms with E-state index in [0.29, 0.717) is 0 Å².